The first-order valence-electron chi connectivity index (χ1n) is 12.2. The molecule has 0 heterocycles. The predicted octanol–water partition coefficient (Wildman–Crippen LogP) is 3.88. The molecule has 0 aliphatic rings. The number of anilines is 1. The third-order valence-corrected chi connectivity index (χ3v) is 7.32. The fourth-order valence-electron chi connectivity index (χ4n) is 3.76. The van der Waals surface area contributed by atoms with Crippen molar-refractivity contribution in [3.63, 3.8) is 0 Å². The molecule has 0 saturated carbocycles. The number of nitrogens with zero attached hydrogens (tertiary/aromatic N) is 2. The first kappa shape index (κ1) is 29.2. The molecule has 1 N–H and O–H groups in total. The van der Waals surface area contributed by atoms with E-state index in [1.165, 1.54) is 4.31 Å². The van der Waals surface area contributed by atoms with Crippen LogP contribution in [0.5, 0.6) is 5.75 Å². The summed E-state index contributed by atoms with van der Waals surface area (Å²) in [6, 6.07) is 13.9. The van der Waals surface area contributed by atoms with E-state index in [4.69, 9.17) is 4.74 Å². The fourth-order valence-corrected chi connectivity index (χ4v) is 4.72. The SMILES string of the molecule is CC[C@@H](C)NC(=O)[C@H](C)N(Cc1ccc(OC)cc1)C(=O)CCCN(c1cccc(C)c1)S(C)(=O)=O. The Morgan fingerprint density at radius 1 is 1.08 bits per heavy atom. The number of aryl methyl sites for hydroxylation is 1. The standard InChI is InChI=1S/C27H39N3O5S/c1-7-21(3)28-27(32)22(4)29(19-23-13-15-25(35-5)16-14-23)26(31)12-9-17-30(36(6,33)34)24-11-8-10-20(2)18-24/h8,10-11,13-16,18,21-22H,7,9,12,17,19H2,1-6H3,(H,28,32)/t21-,22+/m1/s1. The molecule has 0 aliphatic carbocycles. The molecule has 198 valence electrons. The summed E-state index contributed by atoms with van der Waals surface area (Å²) >= 11 is 0. The van der Waals surface area contributed by atoms with Crippen LogP contribution in [0, 0.1) is 6.92 Å². The number of carbonyl (C=O) groups excluding carboxylic acids is 2. The molecule has 0 fully saturated rings. The number of rotatable bonds is 13. The van der Waals surface area contributed by atoms with Crippen LogP contribution in [0.25, 0.3) is 0 Å². The Morgan fingerprint density at radius 2 is 1.75 bits per heavy atom. The topological polar surface area (TPSA) is 96.0 Å². The van der Waals surface area contributed by atoms with Crippen molar-refractivity contribution in [2.75, 3.05) is 24.2 Å². The van der Waals surface area contributed by atoms with E-state index in [0.717, 1.165) is 23.8 Å². The van der Waals surface area contributed by atoms with E-state index in [1.807, 2.05) is 57.2 Å². The predicted molar refractivity (Wildman–Crippen MR) is 144 cm³/mol. The van der Waals surface area contributed by atoms with E-state index < -0.39 is 16.1 Å². The molecule has 2 aromatic carbocycles. The number of amides is 2. The molecule has 0 saturated heterocycles. The Hall–Kier alpha value is -3.07. The molecule has 36 heavy (non-hydrogen) atoms. The summed E-state index contributed by atoms with van der Waals surface area (Å²) in [4.78, 5) is 27.8. The zero-order valence-electron chi connectivity index (χ0n) is 22.2. The van der Waals surface area contributed by atoms with Gasteiger partial charge in [-0.3, -0.25) is 13.9 Å². The molecule has 2 atom stereocenters. The van der Waals surface area contributed by atoms with Crippen molar-refractivity contribution in [1.29, 1.82) is 0 Å². The molecule has 0 spiro atoms. The maximum absolute atomic E-state index is 13.3. The summed E-state index contributed by atoms with van der Waals surface area (Å²) in [5.41, 5.74) is 2.38. The van der Waals surface area contributed by atoms with Gasteiger partial charge in [0.05, 0.1) is 19.1 Å². The lowest BCUT2D eigenvalue weighted by atomic mass is 10.1. The minimum absolute atomic E-state index is 0.00413. The van der Waals surface area contributed by atoms with Crippen LogP contribution in [0.1, 0.15) is 51.2 Å². The van der Waals surface area contributed by atoms with Crippen LogP contribution in [-0.2, 0) is 26.2 Å². The number of sulfonamides is 1. The number of hydrogen-bond acceptors (Lipinski definition) is 5. The van der Waals surface area contributed by atoms with E-state index in [9.17, 15) is 18.0 Å². The number of benzene rings is 2. The highest BCUT2D eigenvalue weighted by atomic mass is 32.2. The molecule has 9 heteroatoms. The van der Waals surface area contributed by atoms with Gasteiger partial charge in [0.1, 0.15) is 11.8 Å². The Balaban J connectivity index is 2.18. The highest BCUT2D eigenvalue weighted by Gasteiger charge is 2.27. The Labute approximate surface area is 215 Å². The summed E-state index contributed by atoms with van der Waals surface area (Å²) in [5, 5.41) is 2.95. The molecule has 2 aromatic rings. The molecule has 0 radical (unpaired) electrons. The van der Waals surface area contributed by atoms with E-state index in [1.54, 1.807) is 31.1 Å². The maximum atomic E-state index is 13.3. The van der Waals surface area contributed by atoms with Crippen molar-refractivity contribution >= 4 is 27.5 Å². The van der Waals surface area contributed by atoms with Gasteiger partial charge < -0.3 is 15.0 Å². The highest BCUT2D eigenvalue weighted by molar-refractivity contribution is 7.92. The van der Waals surface area contributed by atoms with Gasteiger partial charge in [-0.15, -0.1) is 0 Å². The van der Waals surface area contributed by atoms with Crippen LogP contribution in [0.2, 0.25) is 0 Å². The van der Waals surface area contributed by atoms with Gasteiger partial charge in [0.2, 0.25) is 21.8 Å². The average molecular weight is 518 g/mol. The van der Waals surface area contributed by atoms with Gasteiger partial charge in [0.15, 0.2) is 0 Å². The first-order valence-corrected chi connectivity index (χ1v) is 14.1. The summed E-state index contributed by atoms with van der Waals surface area (Å²) < 4.78 is 31.4. The Morgan fingerprint density at radius 3 is 2.31 bits per heavy atom. The van der Waals surface area contributed by atoms with Gasteiger partial charge in [-0.05, 0) is 69.0 Å². The second-order valence-electron chi connectivity index (χ2n) is 9.14. The molecule has 0 bridgehead atoms. The van der Waals surface area contributed by atoms with E-state index in [-0.39, 0.29) is 37.4 Å². The summed E-state index contributed by atoms with van der Waals surface area (Å²) in [5.74, 6) is 0.273. The third-order valence-electron chi connectivity index (χ3n) is 6.12. The number of nitrogens with one attached hydrogen (secondary N) is 1. The van der Waals surface area contributed by atoms with Crippen LogP contribution in [-0.4, -0.2) is 57.1 Å². The number of carbonyl (C=O) groups is 2. The minimum Gasteiger partial charge on any atom is -0.497 e. The van der Waals surface area contributed by atoms with Gasteiger partial charge in [-0.2, -0.15) is 0 Å². The van der Waals surface area contributed by atoms with Crippen molar-refractivity contribution < 1.29 is 22.7 Å². The smallest absolute Gasteiger partial charge is 0.242 e. The summed E-state index contributed by atoms with van der Waals surface area (Å²) in [7, 11) is -1.94. The van der Waals surface area contributed by atoms with Gasteiger partial charge >= 0.3 is 0 Å². The molecule has 0 aromatic heterocycles. The molecular formula is C27H39N3O5S. The van der Waals surface area contributed by atoms with Crippen LogP contribution in [0.3, 0.4) is 0 Å². The number of ether oxygens (including phenoxy) is 1. The monoisotopic (exact) mass is 517 g/mol. The Kier molecular flexibility index (Phi) is 10.8. The third kappa shape index (κ3) is 8.55. The van der Waals surface area contributed by atoms with Crippen molar-refractivity contribution in [2.45, 2.75) is 65.6 Å². The molecule has 0 unspecified atom stereocenters. The van der Waals surface area contributed by atoms with E-state index in [0.29, 0.717) is 17.9 Å². The van der Waals surface area contributed by atoms with E-state index in [2.05, 4.69) is 5.32 Å². The van der Waals surface area contributed by atoms with Crippen LogP contribution in [0.4, 0.5) is 5.69 Å². The molecule has 8 nitrogen and oxygen atoms in total. The molecule has 0 aliphatic heterocycles. The second kappa shape index (κ2) is 13.3. The van der Waals surface area contributed by atoms with E-state index >= 15 is 0 Å². The van der Waals surface area contributed by atoms with Gasteiger partial charge in [0.25, 0.3) is 0 Å². The first-order chi connectivity index (χ1) is 17.0. The van der Waals surface area contributed by atoms with Gasteiger partial charge in [0, 0.05) is 25.6 Å². The minimum atomic E-state index is -3.52. The van der Waals surface area contributed by atoms with Gasteiger partial charge in [-0.1, -0.05) is 31.2 Å². The quantitative estimate of drug-likeness (QED) is 0.435. The summed E-state index contributed by atoms with van der Waals surface area (Å²) in [6.07, 6.45) is 2.37. The lowest BCUT2D eigenvalue weighted by Gasteiger charge is -2.30. The Bertz CT molecular complexity index is 1120. The van der Waals surface area contributed by atoms with Crippen molar-refractivity contribution in [3.05, 3.63) is 59.7 Å². The highest BCUT2D eigenvalue weighted by Crippen LogP contribution is 2.21. The fraction of sp³-hybridized carbons (Fsp3) is 0.481. The van der Waals surface area contributed by atoms with Crippen LogP contribution >= 0.6 is 0 Å². The second-order valence-corrected chi connectivity index (χ2v) is 11.0. The molecular weight excluding hydrogens is 478 g/mol. The van der Waals surface area contributed by atoms with Crippen molar-refractivity contribution in [2.24, 2.45) is 0 Å². The van der Waals surface area contributed by atoms with Gasteiger partial charge in [-0.25, -0.2) is 8.42 Å². The van der Waals surface area contributed by atoms with Crippen LogP contribution in [0.15, 0.2) is 48.5 Å². The summed E-state index contributed by atoms with van der Waals surface area (Å²) in [6.45, 7) is 7.94. The van der Waals surface area contributed by atoms with Crippen LogP contribution < -0.4 is 14.4 Å². The van der Waals surface area contributed by atoms with Crippen molar-refractivity contribution in [1.82, 2.24) is 10.2 Å². The molecule has 2 amide bonds. The van der Waals surface area contributed by atoms with Crippen molar-refractivity contribution in [3.8, 4) is 5.75 Å². The maximum Gasteiger partial charge on any atom is 0.242 e. The lowest BCUT2D eigenvalue weighted by Crippen LogP contribution is -2.49. The molecule has 2 rings (SSSR count). The zero-order valence-corrected chi connectivity index (χ0v) is 23.0. The normalized spacial score (nSPS) is 12.9. The average Bonchev–Trinajstić information content (AvgIpc) is 2.84. The largest absolute Gasteiger partial charge is 0.497 e. The number of methoxy groups -OCH3 is 1. The zero-order chi connectivity index (χ0) is 26.9. The number of hydrogen-bond donors (Lipinski definition) is 1. The lowest BCUT2D eigenvalue weighted by molar-refractivity contribution is -0.140.